The summed E-state index contributed by atoms with van der Waals surface area (Å²) < 4.78 is 0. The number of rotatable bonds is 15. The second-order valence-electron chi connectivity index (χ2n) is 26.0. The Bertz CT molecular complexity index is 2960. The molecule has 0 bridgehead atoms. The average Bonchev–Trinajstić information content (AvgIpc) is 3.96. The Hall–Kier alpha value is -7.35. The van der Waals surface area contributed by atoms with Gasteiger partial charge in [-0.05, 0) is 172 Å². The molecule has 1 aliphatic rings. The molecule has 0 unspecified atom stereocenters. The molecular weight excluding hydrogens is 941 g/mol. The molecule has 0 atom stereocenters. The minimum atomic E-state index is 0.103. The van der Waals surface area contributed by atoms with Crippen molar-refractivity contribution in [2.24, 2.45) is 5.92 Å². The standard InChI is InChI=1S/C77H84O/c1-74(2,3)69-37-29-55(30-38-69)17-21-59-45-60(22-18-56-31-39-70(40-32-56)75(4,5)6)48-63(47-59)25-27-65-51-66(53-67(52-65)54-73(78)68-15-13-14-16-68)28-26-64-49-61(23-19-57-33-41-71(42-34-57)76(7,8)9)46-62(50-64)24-20-58-35-43-72(44-36-58)77(10,11)12/h17-53,68H,13-16,54H2,1-12H3. The van der Waals surface area contributed by atoms with Gasteiger partial charge in [0.05, 0.1) is 0 Å². The summed E-state index contributed by atoms with van der Waals surface area (Å²) in [6.45, 7) is 27.1. The van der Waals surface area contributed by atoms with E-state index in [0.29, 0.717) is 12.2 Å². The Balaban J connectivity index is 1.13. The van der Waals surface area contributed by atoms with E-state index in [4.69, 9.17) is 0 Å². The molecule has 7 aromatic carbocycles. The van der Waals surface area contributed by atoms with E-state index in [9.17, 15) is 4.79 Å². The van der Waals surface area contributed by atoms with Gasteiger partial charge in [-0.15, -0.1) is 0 Å². The summed E-state index contributed by atoms with van der Waals surface area (Å²) >= 11 is 0. The van der Waals surface area contributed by atoms with Gasteiger partial charge in [0.15, 0.2) is 0 Å². The molecule has 78 heavy (non-hydrogen) atoms. The van der Waals surface area contributed by atoms with Crippen molar-refractivity contribution in [1.82, 2.24) is 0 Å². The van der Waals surface area contributed by atoms with Crippen LogP contribution in [0.4, 0.5) is 0 Å². The zero-order valence-electron chi connectivity index (χ0n) is 48.9. The maximum absolute atomic E-state index is 13.8. The lowest BCUT2D eigenvalue weighted by Crippen LogP contribution is -2.13. The van der Waals surface area contributed by atoms with Crippen molar-refractivity contribution < 1.29 is 4.79 Å². The largest absolute Gasteiger partial charge is 0.299 e. The first-order chi connectivity index (χ1) is 37.0. The molecule has 0 aromatic heterocycles. The summed E-state index contributed by atoms with van der Waals surface area (Å²) in [6, 6.07) is 55.9. The second kappa shape index (κ2) is 24.5. The Morgan fingerprint density at radius 3 is 0.705 bits per heavy atom. The molecule has 0 spiro atoms. The first kappa shape index (κ1) is 56.8. The lowest BCUT2D eigenvalue weighted by Gasteiger charge is -2.18. The van der Waals surface area contributed by atoms with Gasteiger partial charge in [-0.1, -0.05) is 278 Å². The minimum Gasteiger partial charge on any atom is -0.299 e. The number of hydrogen-bond acceptors (Lipinski definition) is 1. The molecule has 0 amide bonds. The Morgan fingerprint density at radius 1 is 0.308 bits per heavy atom. The number of benzene rings is 7. The van der Waals surface area contributed by atoms with E-state index in [1.807, 2.05) is 0 Å². The van der Waals surface area contributed by atoms with Gasteiger partial charge in [0.1, 0.15) is 5.78 Å². The first-order valence-corrected chi connectivity index (χ1v) is 28.5. The van der Waals surface area contributed by atoms with Crippen LogP contribution in [-0.2, 0) is 32.9 Å². The third-order valence-electron chi connectivity index (χ3n) is 15.1. The number of carbonyl (C=O) groups is 1. The lowest BCUT2D eigenvalue weighted by molar-refractivity contribution is -0.122. The van der Waals surface area contributed by atoms with E-state index in [2.05, 4.69) is 308 Å². The monoisotopic (exact) mass is 1020 g/mol. The van der Waals surface area contributed by atoms with Gasteiger partial charge in [-0.3, -0.25) is 4.79 Å². The average molecular weight is 1030 g/mol. The quantitative estimate of drug-likeness (QED) is 0.0936. The highest BCUT2D eigenvalue weighted by Crippen LogP contribution is 2.30. The first-order valence-electron chi connectivity index (χ1n) is 28.5. The van der Waals surface area contributed by atoms with E-state index in [1.54, 1.807) is 0 Å². The van der Waals surface area contributed by atoms with E-state index >= 15 is 0 Å². The van der Waals surface area contributed by atoms with Crippen molar-refractivity contribution in [3.63, 3.8) is 0 Å². The normalized spacial score (nSPS) is 14.2. The van der Waals surface area contributed by atoms with Crippen LogP contribution >= 0.6 is 0 Å². The van der Waals surface area contributed by atoms with Crippen LogP contribution in [0.1, 0.15) is 203 Å². The molecule has 1 aliphatic carbocycles. The molecule has 0 heterocycles. The molecule has 1 saturated carbocycles. The topological polar surface area (TPSA) is 17.1 Å². The molecule has 0 radical (unpaired) electrons. The maximum Gasteiger partial charge on any atom is 0.140 e. The number of Topliss-reactive ketones (excluding diaryl/α,β-unsaturated/α-hetero) is 1. The second-order valence-corrected chi connectivity index (χ2v) is 26.0. The zero-order chi connectivity index (χ0) is 55.7. The van der Waals surface area contributed by atoms with Gasteiger partial charge >= 0.3 is 0 Å². The summed E-state index contributed by atoms with van der Waals surface area (Å²) in [6.07, 6.45) is 31.3. The third kappa shape index (κ3) is 16.6. The summed E-state index contributed by atoms with van der Waals surface area (Å²) in [5.41, 5.74) is 20.3. The summed E-state index contributed by atoms with van der Waals surface area (Å²) in [5, 5.41) is 0. The zero-order valence-corrected chi connectivity index (χ0v) is 48.9. The highest BCUT2D eigenvalue weighted by atomic mass is 16.1. The van der Waals surface area contributed by atoms with Crippen LogP contribution < -0.4 is 0 Å². The van der Waals surface area contributed by atoms with Gasteiger partial charge in [-0.25, -0.2) is 0 Å². The van der Waals surface area contributed by atoms with Gasteiger partial charge in [0, 0.05) is 12.3 Å². The van der Waals surface area contributed by atoms with E-state index in [0.717, 1.165) is 75.8 Å². The SMILES string of the molecule is CC(C)(C)c1ccc(C=Cc2cc(C=Cc3ccc(C(C)(C)C)cc3)cc(C=Cc3cc(C=Cc4cc(C=Cc5ccc(C(C)(C)C)cc5)cc(C=Cc5ccc(C(C)(C)C)cc5)c4)cc(CC(=O)C4CCCC4)c3)c2)cc1. The number of carbonyl (C=O) groups excluding carboxylic acids is 1. The van der Waals surface area contributed by atoms with E-state index in [-0.39, 0.29) is 27.6 Å². The van der Waals surface area contributed by atoms with Crippen LogP contribution in [0.15, 0.2) is 152 Å². The molecule has 7 aromatic rings. The van der Waals surface area contributed by atoms with Crippen LogP contribution in [0.25, 0.3) is 72.9 Å². The van der Waals surface area contributed by atoms with E-state index < -0.39 is 0 Å². The smallest absolute Gasteiger partial charge is 0.140 e. The Labute approximate surface area is 470 Å². The highest BCUT2D eigenvalue weighted by Gasteiger charge is 2.23. The lowest BCUT2D eigenvalue weighted by atomic mass is 9.86. The van der Waals surface area contributed by atoms with Crippen molar-refractivity contribution in [3.8, 4) is 0 Å². The molecule has 0 saturated heterocycles. The summed E-state index contributed by atoms with van der Waals surface area (Å²) in [4.78, 5) is 13.8. The molecule has 1 fully saturated rings. The van der Waals surface area contributed by atoms with Crippen LogP contribution in [0.3, 0.4) is 0 Å². The van der Waals surface area contributed by atoms with Crippen molar-refractivity contribution in [2.45, 2.75) is 137 Å². The number of hydrogen-bond donors (Lipinski definition) is 0. The van der Waals surface area contributed by atoms with Crippen LogP contribution in [0.5, 0.6) is 0 Å². The molecule has 8 rings (SSSR count). The van der Waals surface area contributed by atoms with Crippen molar-refractivity contribution >= 4 is 78.7 Å². The van der Waals surface area contributed by atoms with Gasteiger partial charge in [0.2, 0.25) is 0 Å². The van der Waals surface area contributed by atoms with Crippen LogP contribution in [0, 0.1) is 5.92 Å². The highest BCUT2D eigenvalue weighted by molar-refractivity contribution is 5.85. The van der Waals surface area contributed by atoms with Crippen LogP contribution in [-0.4, -0.2) is 5.78 Å². The van der Waals surface area contributed by atoms with Crippen molar-refractivity contribution in [3.05, 3.63) is 246 Å². The molecule has 1 heteroatoms. The molecule has 1 nitrogen and oxygen atoms in total. The Morgan fingerprint density at radius 2 is 0.500 bits per heavy atom. The number of ketones is 1. The fraction of sp³-hybridized carbons (Fsp3) is 0.286. The summed E-state index contributed by atoms with van der Waals surface area (Å²) in [7, 11) is 0. The third-order valence-corrected chi connectivity index (χ3v) is 15.1. The van der Waals surface area contributed by atoms with Gasteiger partial charge in [-0.2, -0.15) is 0 Å². The molecule has 0 aliphatic heterocycles. The maximum atomic E-state index is 13.8. The Kier molecular flexibility index (Phi) is 17.9. The van der Waals surface area contributed by atoms with Crippen molar-refractivity contribution in [1.29, 1.82) is 0 Å². The van der Waals surface area contributed by atoms with Crippen LogP contribution in [0.2, 0.25) is 0 Å². The minimum absolute atomic E-state index is 0.103. The summed E-state index contributed by atoms with van der Waals surface area (Å²) in [5.74, 6) is 0.519. The predicted molar refractivity (Wildman–Crippen MR) is 344 cm³/mol. The fourth-order valence-corrected chi connectivity index (χ4v) is 10.1. The van der Waals surface area contributed by atoms with Crippen molar-refractivity contribution in [2.75, 3.05) is 0 Å². The molecule has 398 valence electrons. The fourth-order valence-electron chi connectivity index (χ4n) is 10.1. The molecule has 0 N–H and O–H groups in total. The van der Waals surface area contributed by atoms with Gasteiger partial charge < -0.3 is 0 Å². The molecular formula is C77H84O. The predicted octanol–water partition coefficient (Wildman–Crippen LogP) is 21.2. The van der Waals surface area contributed by atoms with E-state index in [1.165, 1.54) is 44.5 Å². The van der Waals surface area contributed by atoms with Gasteiger partial charge in [0.25, 0.3) is 0 Å².